The zero-order valence-corrected chi connectivity index (χ0v) is 16.6. The zero-order chi connectivity index (χ0) is 20.8. The lowest BCUT2D eigenvalue weighted by Gasteiger charge is -2.20. The van der Waals surface area contributed by atoms with Crippen LogP contribution in [0.5, 0.6) is 5.75 Å². The van der Waals surface area contributed by atoms with Crippen LogP contribution in [0.1, 0.15) is 27.7 Å². The minimum atomic E-state index is -0.800. The van der Waals surface area contributed by atoms with Crippen LogP contribution in [-0.2, 0) is 11.8 Å². The van der Waals surface area contributed by atoms with Crippen LogP contribution in [0.3, 0.4) is 0 Å². The van der Waals surface area contributed by atoms with E-state index < -0.39 is 6.04 Å². The van der Waals surface area contributed by atoms with Crippen molar-refractivity contribution in [1.29, 1.82) is 0 Å². The first-order valence-corrected chi connectivity index (χ1v) is 9.17. The van der Waals surface area contributed by atoms with Crippen LogP contribution in [0.4, 0.5) is 5.69 Å². The van der Waals surface area contributed by atoms with E-state index in [1.54, 1.807) is 43.1 Å². The second kappa shape index (κ2) is 9.07. The summed E-state index contributed by atoms with van der Waals surface area (Å²) in [6.07, 6.45) is 1.78. The smallest absolute Gasteiger partial charge is 0.282 e. The van der Waals surface area contributed by atoms with Crippen molar-refractivity contribution in [3.05, 3.63) is 83.7 Å². The molecule has 2 amide bonds. The predicted molar refractivity (Wildman–Crippen MR) is 112 cm³/mol. The van der Waals surface area contributed by atoms with Gasteiger partial charge in [-0.2, -0.15) is 0 Å². The number of carbonyl (C=O) groups excluding carboxylic acids is 2. The van der Waals surface area contributed by atoms with E-state index in [1.807, 2.05) is 49.4 Å². The SMILES string of the molecule is COc1ccc(C)cc1NC(=O)C(NNC(=O)c1cccn1C)c1ccccc1. The van der Waals surface area contributed by atoms with Crippen molar-refractivity contribution in [3.8, 4) is 5.75 Å². The van der Waals surface area contributed by atoms with E-state index in [2.05, 4.69) is 16.2 Å². The van der Waals surface area contributed by atoms with Crippen molar-refractivity contribution in [2.45, 2.75) is 13.0 Å². The number of nitrogens with zero attached hydrogens (tertiary/aromatic N) is 1. The zero-order valence-electron chi connectivity index (χ0n) is 16.6. The van der Waals surface area contributed by atoms with Crippen LogP contribution in [0.2, 0.25) is 0 Å². The average Bonchev–Trinajstić information content (AvgIpc) is 3.15. The molecule has 0 saturated carbocycles. The molecule has 1 atom stereocenters. The minimum absolute atomic E-state index is 0.327. The maximum Gasteiger partial charge on any atom is 0.282 e. The highest BCUT2D eigenvalue weighted by Crippen LogP contribution is 2.26. The van der Waals surface area contributed by atoms with Gasteiger partial charge in [0.15, 0.2) is 0 Å². The molecule has 0 aliphatic heterocycles. The summed E-state index contributed by atoms with van der Waals surface area (Å²) in [5.41, 5.74) is 8.23. The molecule has 1 unspecified atom stereocenters. The molecule has 7 heteroatoms. The fourth-order valence-electron chi connectivity index (χ4n) is 2.97. The van der Waals surface area contributed by atoms with Gasteiger partial charge in [0.25, 0.3) is 5.91 Å². The van der Waals surface area contributed by atoms with Crippen molar-refractivity contribution in [2.75, 3.05) is 12.4 Å². The summed E-state index contributed by atoms with van der Waals surface area (Å²) in [7, 11) is 3.33. The fourth-order valence-corrected chi connectivity index (χ4v) is 2.97. The minimum Gasteiger partial charge on any atom is -0.495 e. The van der Waals surface area contributed by atoms with Gasteiger partial charge in [-0.3, -0.25) is 15.0 Å². The lowest BCUT2D eigenvalue weighted by Crippen LogP contribution is -2.45. The van der Waals surface area contributed by atoms with Crippen LogP contribution in [-0.4, -0.2) is 23.5 Å². The van der Waals surface area contributed by atoms with Crippen LogP contribution >= 0.6 is 0 Å². The molecular weight excluding hydrogens is 368 g/mol. The van der Waals surface area contributed by atoms with Gasteiger partial charge in [0.1, 0.15) is 17.5 Å². The van der Waals surface area contributed by atoms with Gasteiger partial charge >= 0.3 is 0 Å². The number of amides is 2. The van der Waals surface area contributed by atoms with Gasteiger partial charge in [0.05, 0.1) is 12.8 Å². The highest BCUT2D eigenvalue weighted by Gasteiger charge is 2.23. The monoisotopic (exact) mass is 392 g/mol. The van der Waals surface area contributed by atoms with E-state index in [-0.39, 0.29) is 11.8 Å². The Kier molecular flexibility index (Phi) is 6.31. The number of nitrogens with one attached hydrogen (secondary N) is 3. The van der Waals surface area contributed by atoms with E-state index in [9.17, 15) is 9.59 Å². The molecule has 0 radical (unpaired) electrons. The number of hydrazine groups is 1. The second-order valence-corrected chi connectivity index (χ2v) is 6.64. The van der Waals surface area contributed by atoms with Crippen molar-refractivity contribution in [3.63, 3.8) is 0 Å². The first kappa shape index (κ1) is 20.2. The van der Waals surface area contributed by atoms with Gasteiger partial charge in [-0.15, -0.1) is 0 Å². The van der Waals surface area contributed by atoms with Crippen molar-refractivity contribution >= 4 is 17.5 Å². The van der Waals surface area contributed by atoms with Crippen LogP contribution in [0.25, 0.3) is 0 Å². The summed E-state index contributed by atoms with van der Waals surface area (Å²) < 4.78 is 7.04. The average molecular weight is 392 g/mol. The Morgan fingerprint density at radius 2 is 1.79 bits per heavy atom. The first-order valence-electron chi connectivity index (χ1n) is 9.17. The third-order valence-corrected chi connectivity index (χ3v) is 4.51. The number of methoxy groups -OCH3 is 1. The molecule has 150 valence electrons. The Labute approximate surface area is 169 Å². The lowest BCUT2D eigenvalue weighted by atomic mass is 10.1. The molecule has 0 spiro atoms. The molecule has 0 aliphatic rings. The largest absolute Gasteiger partial charge is 0.495 e. The van der Waals surface area contributed by atoms with Gasteiger partial charge in [0.2, 0.25) is 5.91 Å². The molecule has 0 aliphatic carbocycles. The predicted octanol–water partition coefficient (Wildman–Crippen LogP) is 2.96. The number of aryl methyl sites for hydroxylation is 2. The molecule has 2 aromatic carbocycles. The highest BCUT2D eigenvalue weighted by molar-refractivity contribution is 5.97. The molecule has 3 N–H and O–H groups in total. The molecule has 1 aromatic heterocycles. The number of carbonyl (C=O) groups is 2. The van der Waals surface area contributed by atoms with Crippen molar-refractivity contribution < 1.29 is 14.3 Å². The number of benzene rings is 2. The van der Waals surface area contributed by atoms with E-state index in [4.69, 9.17) is 4.74 Å². The van der Waals surface area contributed by atoms with Gasteiger partial charge in [-0.25, -0.2) is 5.43 Å². The van der Waals surface area contributed by atoms with Gasteiger partial charge in [-0.1, -0.05) is 36.4 Å². The highest BCUT2D eigenvalue weighted by atomic mass is 16.5. The van der Waals surface area contributed by atoms with Crippen LogP contribution in [0, 0.1) is 6.92 Å². The number of hydrogen-bond donors (Lipinski definition) is 3. The molecule has 0 fully saturated rings. The summed E-state index contributed by atoms with van der Waals surface area (Å²) in [4.78, 5) is 25.5. The molecular formula is C22H24N4O3. The number of ether oxygens (including phenoxy) is 1. The molecule has 3 aromatic rings. The molecule has 29 heavy (non-hydrogen) atoms. The maximum absolute atomic E-state index is 13.1. The van der Waals surface area contributed by atoms with Crippen LogP contribution < -0.4 is 20.9 Å². The fraction of sp³-hybridized carbons (Fsp3) is 0.182. The Bertz CT molecular complexity index is 998. The van der Waals surface area contributed by atoms with E-state index in [0.717, 1.165) is 5.56 Å². The van der Waals surface area contributed by atoms with Crippen molar-refractivity contribution in [1.82, 2.24) is 15.4 Å². The maximum atomic E-state index is 13.1. The van der Waals surface area contributed by atoms with E-state index in [1.165, 1.54) is 0 Å². The van der Waals surface area contributed by atoms with E-state index in [0.29, 0.717) is 22.7 Å². The Hall–Kier alpha value is -3.58. The van der Waals surface area contributed by atoms with Crippen LogP contribution in [0.15, 0.2) is 66.9 Å². The Morgan fingerprint density at radius 1 is 1.03 bits per heavy atom. The number of aromatic nitrogens is 1. The van der Waals surface area contributed by atoms with Gasteiger partial charge in [0, 0.05) is 13.2 Å². The topological polar surface area (TPSA) is 84.4 Å². The molecule has 0 saturated heterocycles. The summed E-state index contributed by atoms with van der Waals surface area (Å²) in [5, 5.41) is 2.89. The molecule has 0 bridgehead atoms. The summed E-state index contributed by atoms with van der Waals surface area (Å²) >= 11 is 0. The molecule has 7 nitrogen and oxygen atoms in total. The standard InChI is InChI=1S/C22H24N4O3/c1-15-11-12-19(29-3)17(14-15)23-22(28)20(16-8-5-4-6-9-16)24-25-21(27)18-10-7-13-26(18)2/h4-14,20,24H,1-3H3,(H,23,28)(H,25,27). The third kappa shape index (κ3) is 4.83. The second-order valence-electron chi connectivity index (χ2n) is 6.64. The van der Waals surface area contributed by atoms with Gasteiger partial charge < -0.3 is 14.6 Å². The Balaban J connectivity index is 1.80. The number of anilines is 1. The third-order valence-electron chi connectivity index (χ3n) is 4.51. The quantitative estimate of drug-likeness (QED) is 0.540. The summed E-state index contributed by atoms with van der Waals surface area (Å²) in [6, 6.07) is 17.4. The molecule has 1 heterocycles. The normalized spacial score (nSPS) is 11.6. The summed E-state index contributed by atoms with van der Waals surface area (Å²) in [5.74, 6) is -0.102. The van der Waals surface area contributed by atoms with Gasteiger partial charge in [-0.05, 0) is 42.3 Å². The van der Waals surface area contributed by atoms with Crippen molar-refractivity contribution in [2.24, 2.45) is 7.05 Å². The number of rotatable bonds is 7. The Morgan fingerprint density at radius 3 is 2.45 bits per heavy atom. The molecule has 3 rings (SSSR count). The lowest BCUT2D eigenvalue weighted by molar-refractivity contribution is -0.118. The van der Waals surface area contributed by atoms with E-state index >= 15 is 0 Å². The number of hydrogen-bond acceptors (Lipinski definition) is 4. The first-order chi connectivity index (χ1) is 14.0. The summed E-state index contributed by atoms with van der Waals surface area (Å²) in [6.45, 7) is 1.93.